The third kappa shape index (κ3) is 5.06. The first-order valence-electron chi connectivity index (χ1n) is 8.81. The molecule has 0 saturated heterocycles. The van der Waals surface area contributed by atoms with Gasteiger partial charge in [-0.25, -0.2) is 0 Å². The van der Waals surface area contributed by atoms with Crippen molar-refractivity contribution in [1.29, 1.82) is 0 Å². The van der Waals surface area contributed by atoms with Gasteiger partial charge >= 0.3 is 0 Å². The highest BCUT2D eigenvalue weighted by atomic mass is 128. The summed E-state index contributed by atoms with van der Waals surface area (Å²) >= 11 is 4.24. The topological polar surface area (TPSA) is 17.1 Å². The van der Waals surface area contributed by atoms with E-state index in [9.17, 15) is 4.79 Å². The molecule has 0 N–H and O–H groups in total. The van der Waals surface area contributed by atoms with Gasteiger partial charge in [-0.3, -0.25) is 4.79 Å². The van der Waals surface area contributed by atoms with E-state index in [1.54, 1.807) is 0 Å². The highest BCUT2D eigenvalue weighted by Crippen LogP contribution is 2.48. The van der Waals surface area contributed by atoms with E-state index in [0.29, 0.717) is 28.4 Å². The van der Waals surface area contributed by atoms with Gasteiger partial charge in [-0.05, 0) is 61.2 Å². The Morgan fingerprint density at radius 3 is 1.36 bits per heavy atom. The molecular formula is C19H34I2O. The van der Waals surface area contributed by atoms with E-state index in [-0.39, 0.29) is 0 Å². The summed E-state index contributed by atoms with van der Waals surface area (Å²) in [5, 5.41) is 0. The largest absolute Gasteiger partial charge is 0.299 e. The van der Waals surface area contributed by atoms with Crippen LogP contribution in [-0.4, -0.2) is 5.78 Å². The molecule has 22 heavy (non-hydrogen) atoms. The number of hydrogen-bond donors (Lipinski definition) is 0. The summed E-state index contributed by atoms with van der Waals surface area (Å²) in [6.45, 7) is 14.1. The zero-order chi connectivity index (χ0) is 17.1. The van der Waals surface area contributed by atoms with Gasteiger partial charge in [0.05, 0.1) is 0 Å². The van der Waals surface area contributed by atoms with Gasteiger partial charge in [-0.1, -0.05) is 41.5 Å². The number of hydrogen-bond acceptors (Lipinski definition) is 1. The Morgan fingerprint density at radius 1 is 0.773 bits per heavy atom. The van der Waals surface area contributed by atoms with Gasteiger partial charge in [0.25, 0.3) is 0 Å². The summed E-state index contributed by atoms with van der Waals surface area (Å²) in [7, 11) is 0. The summed E-state index contributed by atoms with van der Waals surface area (Å²) < 4.78 is 0. The minimum absolute atomic E-state index is 0.343. The molecule has 0 aliphatic heterocycles. The monoisotopic (exact) mass is 532 g/mol. The third-order valence-electron chi connectivity index (χ3n) is 6.91. The molecule has 130 valence electrons. The lowest BCUT2D eigenvalue weighted by Crippen LogP contribution is -2.40. The van der Waals surface area contributed by atoms with Crippen LogP contribution in [-0.2, 0) is 4.79 Å². The van der Waals surface area contributed by atoms with Crippen LogP contribution in [0.15, 0.2) is 0 Å². The summed E-state index contributed by atoms with van der Waals surface area (Å²) in [5.41, 5.74) is 0.687. The molecule has 1 nitrogen and oxygen atoms in total. The van der Waals surface area contributed by atoms with E-state index in [0.717, 1.165) is 37.5 Å². The zero-order valence-corrected chi connectivity index (χ0v) is 19.5. The van der Waals surface area contributed by atoms with Gasteiger partial charge in [0.15, 0.2) is 0 Å². The van der Waals surface area contributed by atoms with Crippen molar-refractivity contribution in [3.8, 4) is 0 Å². The van der Waals surface area contributed by atoms with Crippen molar-refractivity contribution < 1.29 is 4.79 Å². The molecule has 0 radical (unpaired) electrons. The van der Waals surface area contributed by atoms with Crippen LogP contribution in [0, 0.1) is 34.5 Å². The summed E-state index contributed by atoms with van der Waals surface area (Å²) in [6, 6.07) is 0. The van der Waals surface area contributed by atoms with Gasteiger partial charge in [-0.15, -0.1) is 0 Å². The van der Waals surface area contributed by atoms with Crippen LogP contribution in [0.2, 0.25) is 0 Å². The summed E-state index contributed by atoms with van der Waals surface area (Å²) in [4.78, 5) is 12.9. The van der Waals surface area contributed by atoms with Crippen molar-refractivity contribution in [2.75, 3.05) is 0 Å². The SMILES string of the molecule is CC1CCC(C(=O)C2CCC(C)C(C)(C)C2)CC1(C)C.II. The van der Waals surface area contributed by atoms with Gasteiger partial charge in [0.2, 0.25) is 0 Å². The number of halogens is 2. The molecule has 0 aromatic heterocycles. The molecule has 2 aliphatic carbocycles. The molecule has 2 aliphatic rings. The van der Waals surface area contributed by atoms with Gasteiger partial charge in [0, 0.05) is 49.1 Å². The Labute approximate surface area is 161 Å². The Hall–Kier alpha value is 1.13. The molecule has 2 fully saturated rings. The zero-order valence-electron chi connectivity index (χ0n) is 15.2. The van der Waals surface area contributed by atoms with E-state index >= 15 is 0 Å². The molecule has 0 aromatic rings. The van der Waals surface area contributed by atoms with Crippen LogP contribution in [0.3, 0.4) is 0 Å². The minimum Gasteiger partial charge on any atom is -0.299 e. The molecule has 2 rings (SSSR count). The number of ketones is 1. The van der Waals surface area contributed by atoms with Crippen molar-refractivity contribution in [2.24, 2.45) is 34.5 Å². The van der Waals surface area contributed by atoms with Crippen LogP contribution < -0.4 is 0 Å². The second kappa shape index (κ2) is 8.48. The first kappa shape index (κ1) is 21.2. The molecule has 0 bridgehead atoms. The second-order valence-corrected chi connectivity index (χ2v) is 9.14. The number of Topliss-reactive ketones (excluding diaryl/α,β-unsaturated/α-hetero) is 1. The van der Waals surface area contributed by atoms with Gasteiger partial charge in [-0.2, -0.15) is 0 Å². The molecule has 2 saturated carbocycles. The molecule has 0 spiro atoms. The third-order valence-corrected chi connectivity index (χ3v) is 6.91. The molecule has 0 amide bonds. The number of carbonyl (C=O) groups excluding carboxylic acids is 1. The fourth-order valence-corrected chi connectivity index (χ4v) is 4.38. The average molecular weight is 532 g/mol. The standard InChI is InChI=1S/C19H34O.I2/c1-13-7-9-15(11-18(13,3)4)17(20)16-10-8-14(2)19(5,6)12-16;1-2/h13-16H,7-12H2,1-6H3;. The Balaban J connectivity index is 0.00000116. The fraction of sp³-hybridized carbons (Fsp3) is 0.947. The molecule has 4 atom stereocenters. The van der Waals surface area contributed by atoms with Crippen molar-refractivity contribution in [1.82, 2.24) is 0 Å². The molecule has 3 heteroatoms. The number of rotatable bonds is 2. The lowest BCUT2D eigenvalue weighted by Gasteiger charge is -2.44. The first-order chi connectivity index (χ1) is 10.1. The average Bonchev–Trinajstić information content (AvgIpc) is 2.46. The van der Waals surface area contributed by atoms with Crippen LogP contribution >= 0.6 is 37.2 Å². The maximum absolute atomic E-state index is 12.9. The molecule has 0 aromatic carbocycles. The van der Waals surface area contributed by atoms with E-state index in [1.165, 1.54) is 12.8 Å². The smallest absolute Gasteiger partial charge is 0.139 e. The van der Waals surface area contributed by atoms with Crippen LogP contribution in [0.25, 0.3) is 0 Å². The lowest BCUT2D eigenvalue weighted by molar-refractivity contribution is -0.132. The fourth-order valence-electron chi connectivity index (χ4n) is 4.38. The second-order valence-electron chi connectivity index (χ2n) is 9.14. The van der Waals surface area contributed by atoms with Crippen molar-refractivity contribution >= 4 is 43.0 Å². The Kier molecular flexibility index (Phi) is 8.16. The van der Waals surface area contributed by atoms with E-state index in [1.807, 2.05) is 0 Å². The minimum atomic E-state index is 0.343. The van der Waals surface area contributed by atoms with E-state index in [2.05, 4.69) is 78.8 Å². The van der Waals surface area contributed by atoms with E-state index in [4.69, 9.17) is 0 Å². The van der Waals surface area contributed by atoms with Crippen molar-refractivity contribution in [2.45, 2.75) is 80.1 Å². The van der Waals surface area contributed by atoms with Gasteiger partial charge < -0.3 is 0 Å². The lowest BCUT2D eigenvalue weighted by atomic mass is 9.60. The molecule has 4 unspecified atom stereocenters. The summed E-state index contributed by atoms with van der Waals surface area (Å²) in [5.74, 6) is 2.81. The summed E-state index contributed by atoms with van der Waals surface area (Å²) in [6.07, 6.45) is 6.95. The van der Waals surface area contributed by atoms with Crippen LogP contribution in [0.5, 0.6) is 0 Å². The van der Waals surface area contributed by atoms with Gasteiger partial charge in [0.1, 0.15) is 5.78 Å². The number of carbonyl (C=O) groups is 1. The maximum atomic E-state index is 12.9. The Morgan fingerprint density at radius 2 is 1.09 bits per heavy atom. The molecule has 0 heterocycles. The van der Waals surface area contributed by atoms with E-state index < -0.39 is 0 Å². The first-order valence-corrected chi connectivity index (χ1v) is 15.1. The predicted octanol–water partition coefficient (Wildman–Crippen LogP) is 7.25. The maximum Gasteiger partial charge on any atom is 0.139 e. The van der Waals surface area contributed by atoms with Crippen molar-refractivity contribution in [3.63, 3.8) is 0 Å². The normalized spacial score (nSPS) is 36.9. The Bertz CT molecular complexity index is 342. The quantitative estimate of drug-likeness (QED) is 0.343. The van der Waals surface area contributed by atoms with Crippen LogP contribution in [0.1, 0.15) is 80.1 Å². The highest BCUT2D eigenvalue weighted by Gasteiger charge is 2.42. The van der Waals surface area contributed by atoms with Crippen LogP contribution in [0.4, 0.5) is 0 Å². The molecular weight excluding hydrogens is 498 g/mol. The van der Waals surface area contributed by atoms with Crippen molar-refractivity contribution in [3.05, 3.63) is 0 Å². The predicted molar refractivity (Wildman–Crippen MR) is 114 cm³/mol. The highest BCUT2D eigenvalue weighted by molar-refractivity contribution is 15.0.